The average molecular weight is 439 g/mol. The van der Waals surface area contributed by atoms with Crippen molar-refractivity contribution in [1.29, 1.82) is 5.41 Å². The second-order valence-electron chi connectivity index (χ2n) is 7.32. The van der Waals surface area contributed by atoms with Crippen LogP contribution >= 0.6 is 0 Å². The van der Waals surface area contributed by atoms with Crippen molar-refractivity contribution in [2.24, 2.45) is 5.92 Å². The molecule has 0 spiro atoms. The number of benzene rings is 2. The summed E-state index contributed by atoms with van der Waals surface area (Å²) >= 11 is 0. The Bertz CT molecular complexity index is 988. The summed E-state index contributed by atoms with van der Waals surface area (Å²) in [7, 11) is 2.55. The molecule has 32 heavy (non-hydrogen) atoms. The Morgan fingerprint density at radius 2 is 1.66 bits per heavy atom. The van der Waals surface area contributed by atoms with Crippen molar-refractivity contribution < 1.29 is 28.6 Å². The Kier molecular flexibility index (Phi) is 7.43. The lowest BCUT2D eigenvalue weighted by Crippen LogP contribution is -2.31. The number of amides is 2. The first-order valence-electron chi connectivity index (χ1n) is 10.0. The molecule has 1 fully saturated rings. The van der Waals surface area contributed by atoms with E-state index in [1.807, 2.05) is 36.4 Å². The molecule has 3 N–H and O–H groups in total. The maximum Gasteiger partial charge on any atom is 0.412 e. The molecule has 2 amide bonds. The number of carbonyl (C=O) groups excluding carboxylic acids is 3. The molecule has 0 aromatic heterocycles. The van der Waals surface area contributed by atoms with E-state index < -0.39 is 12.1 Å². The van der Waals surface area contributed by atoms with E-state index in [1.165, 1.54) is 14.2 Å². The monoisotopic (exact) mass is 439 g/mol. The van der Waals surface area contributed by atoms with Gasteiger partial charge in [0.2, 0.25) is 5.91 Å². The number of ether oxygens (including phenoxy) is 3. The van der Waals surface area contributed by atoms with Gasteiger partial charge in [-0.05, 0) is 29.7 Å². The second-order valence-corrected chi connectivity index (χ2v) is 7.32. The van der Waals surface area contributed by atoms with E-state index in [0.29, 0.717) is 24.3 Å². The van der Waals surface area contributed by atoms with Crippen molar-refractivity contribution in [2.75, 3.05) is 20.8 Å². The van der Waals surface area contributed by atoms with E-state index in [1.54, 1.807) is 12.1 Å². The summed E-state index contributed by atoms with van der Waals surface area (Å²) in [4.78, 5) is 34.6. The summed E-state index contributed by atoms with van der Waals surface area (Å²) < 4.78 is 14.9. The van der Waals surface area contributed by atoms with Crippen LogP contribution in [-0.4, -0.2) is 50.7 Å². The molecule has 0 bridgehead atoms. The van der Waals surface area contributed by atoms with Crippen LogP contribution in [0.25, 0.3) is 11.1 Å². The van der Waals surface area contributed by atoms with Crippen LogP contribution in [0.2, 0.25) is 0 Å². The molecule has 3 rings (SSSR count). The molecule has 1 heterocycles. The van der Waals surface area contributed by atoms with E-state index in [0.717, 1.165) is 11.1 Å². The first-order chi connectivity index (χ1) is 15.4. The summed E-state index contributed by atoms with van der Waals surface area (Å²) in [5, 5.41) is 13.0. The number of rotatable bonds is 7. The third kappa shape index (κ3) is 5.84. The van der Waals surface area contributed by atoms with E-state index in [4.69, 9.17) is 10.1 Å². The van der Waals surface area contributed by atoms with Gasteiger partial charge in [-0.15, -0.1) is 0 Å². The third-order valence-electron chi connectivity index (χ3n) is 5.15. The summed E-state index contributed by atoms with van der Waals surface area (Å²) in [5.74, 6) is -0.310. The van der Waals surface area contributed by atoms with Gasteiger partial charge < -0.3 is 19.5 Å². The van der Waals surface area contributed by atoms with Crippen molar-refractivity contribution >= 4 is 23.8 Å². The van der Waals surface area contributed by atoms with Crippen LogP contribution in [0.3, 0.4) is 0 Å². The molecule has 9 nitrogen and oxygen atoms in total. The van der Waals surface area contributed by atoms with Gasteiger partial charge >= 0.3 is 12.1 Å². The Labute approximate surface area is 185 Å². The zero-order valence-corrected chi connectivity index (χ0v) is 17.8. The van der Waals surface area contributed by atoms with Crippen molar-refractivity contribution in [1.82, 2.24) is 10.6 Å². The van der Waals surface area contributed by atoms with Gasteiger partial charge in [-0.1, -0.05) is 36.4 Å². The van der Waals surface area contributed by atoms with Gasteiger partial charge in [-0.2, -0.15) is 0 Å². The summed E-state index contributed by atoms with van der Waals surface area (Å²) in [5.41, 5.74) is 2.46. The highest BCUT2D eigenvalue weighted by molar-refractivity contribution is 6.04. The minimum absolute atomic E-state index is 0.0417. The third-order valence-corrected chi connectivity index (χ3v) is 5.15. The van der Waals surface area contributed by atoms with Crippen LogP contribution in [0.15, 0.2) is 48.5 Å². The molecule has 1 aliphatic rings. The Morgan fingerprint density at radius 3 is 2.25 bits per heavy atom. The number of methoxy groups -OCH3 is 2. The standard InChI is InChI=1S/C23H25N3O6/c1-30-20(27)12-17-11-18(25-22(17)28)13-32-19-9-7-15(8-10-19)14-3-5-16(6-4-14)21(24)26-23(29)31-2/h3-10,17-18H,11-13H2,1-2H3,(H,25,28)(H2,24,26,29)/t17?,18-/m0/s1. The van der Waals surface area contributed by atoms with Crippen molar-refractivity contribution in [3.63, 3.8) is 0 Å². The highest BCUT2D eigenvalue weighted by Crippen LogP contribution is 2.24. The smallest absolute Gasteiger partial charge is 0.412 e. The van der Waals surface area contributed by atoms with E-state index in [2.05, 4.69) is 20.1 Å². The number of hydrogen-bond donors (Lipinski definition) is 3. The van der Waals surface area contributed by atoms with Crippen LogP contribution in [0.1, 0.15) is 18.4 Å². The van der Waals surface area contributed by atoms with Crippen molar-refractivity contribution in [2.45, 2.75) is 18.9 Å². The lowest BCUT2D eigenvalue weighted by molar-refractivity contribution is -0.143. The lowest BCUT2D eigenvalue weighted by atomic mass is 10.0. The number of hydrogen-bond acceptors (Lipinski definition) is 7. The molecule has 1 saturated heterocycles. The zero-order valence-electron chi connectivity index (χ0n) is 17.8. The highest BCUT2D eigenvalue weighted by Gasteiger charge is 2.34. The quantitative estimate of drug-likeness (QED) is 0.346. The predicted molar refractivity (Wildman–Crippen MR) is 116 cm³/mol. The molecule has 2 aromatic carbocycles. The second kappa shape index (κ2) is 10.4. The van der Waals surface area contributed by atoms with Crippen LogP contribution in [-0.2, 0) is 19.1 Å². The minimum atomic E-state index is -0.689. The van der Waals surface area contributed by atoms with E-state index in [9.17, 15) is 14.4 Å². The minimum Gasteiger partial charge on any atom is -0.491 e. The van der Waals surface area contributed by atoms with Gasteiger partial charge in [-0.3, -0.25) is 20.3 Å². The number of alkyl carbamates (subject to hydrolysis) is 1. The maximum absolute atomic E-state index is 12.0. The maximum atomic E-state index is 12.0. The van der Waals surface area contributed by atoms with Gasteiger partial charge in [0.25, 0.3) is 0 Å². The zero-order chi connectivity index (χ0) is 23.1. The molecule has 2 aromatic rings. The Hall–Kier alpha value is -3.88. The first kappa shape index (κ1) is 22.8. The number of nitrogens with one attached hydrogen (secondary N) is 3. The van der Waals surface area contributed by atoms with Crippen molar-refractivity contribution in [3.05, 3.63) is 54.1 Å². The number of esters is 1. The van der Waals surface area contributed by atoms with Gasteiger partial charge in [0, 0.05) is 5.56 Å². The lowest BCUT2D eigenvalue weighted by Gasteiger charge is -2.12. The van der Waals surface area contributed by atoms with Gasteiger partial charge in [0.1, 0.15) is 18.2 Å². The number of carbonyl (C=O) groups is 3. The molecule has 168 valence electrons. The van der Waals surface area contributed by atoms with Crippen LogP contribution < -0.4 is 15.4 Å². The molecule has 2 atom stereocenters. The average Bonchev–Trinajstić information content (AvgIpc) is 3.16. The molecular formula is C23H25N3O6. The topological polar surface area (TPSA) is 127 Å². The fourth-order valence-electron chi connectivity index (χ4n) is 3.39. The van der Waals surface area contributed by atoms with Crippen LogP contribution in [0, 0.1) is 11.3 Å². The van der Waals surface area contributed by atoms with Gasteiger partial charge in [-0.25, -0.2) is 4.79 Å². The van der Waals surface area contributed by atoms with Crippen LogP contribution in [0.5, 0.6) is 5.75 Å². The van der Waals surface area contributed by atoms with Gasteiger partial charge in [0.05, 0.1) is 32.6 Å². The SMILES string of the molecule is COC(=O)CC1C[C@@H](COc2ccc(-c3ccc(C(=N)NC(=O)OC)cc3)cc2)NC1=O. The number of amidine groups is 1. The van der Waals surface area contributed by atoms with Crippen molar-refractivity contribution in [3.8, 4) is 16.9 Å². The molecule has 1 aliphatic heterocycles. The predicted octanol–water partition coefficient (Wildman–Crippen LogP) is 2.48. The largest absolute Gasteiger partial charge is 0.491 e. The normalized spacial score (nSPS) is 17.2. The molecule has 0 aliphatic carbocycles. The van der Waals surface area contributed by atoms with E-state index in [-0.39, 0.29) is 30.1 Å². The summed E-state index contributed by atoms with van der Waals surface area (Å²) in [6.07, 6.45) is -0.0891. The summed E-state index contributed by atoms with van der Waals surface area (Å²) in [6.45, 7) is 0.312. The fourth-order valence-corrected chi connectivity index (χ4v) is 3.39. The Morgan fingerprint density at radius 1 is 1.03 bits per heavy atom. The van der Waals surface area contributed by atoms with Crippen LogP contribution in [0.4, 0.5) is 4.79 Å². The molecule has 9 heteroatoms. The fraction of sp³-hybridized carbons (Fsp3) is 0.304. The molecule has 1 unspecified atom stereocenters. The first-order valence-corrected chi connectivity index (χ1v) is 10.0. The molecular weight excluding hydrogens is 414 g/mol. The highest BCUT2D eigenvalue weighted by atomic mass is 16.5. The molecule has 0 radical (unpaired) electrons. The van der Waals surface area contributed by atoms with E-state index >= 15 is 0 Å². The molecule has 0 saturated carbocycles. The summed E-state index contributed by atoms with van der Waals surface area (Å²) in [6, 6.07) is 14.5. The Balaban J connectivity index is 1.53. The van der Waals surface area contributed by atoms with Gasteiger partial charge in [0.15, 0.2) is 0 Å².